The Hall–Kier alpha value is -0.700. The van der Waals surface area contributed by atoms with E-state index < -0.39 is 0 Å². The number of hydrogen-bond donors (Lipinski definition) is 0. The van der Waals surface area contributed by atoms with Gasteiger partial charge >= 0.3 is 0 Å². The number of carbonyl (C=O) groups excluding carboxylic acids is 1. The number of ketones is 1. The molecule has 2 rings (SSSR count). The summed E-state index contributed by atoms with van der Waals surface area (Å²) in [5.74, 6) is 0.394. The highest BCUT2D eigenvalue weighted by atomic mass is 79.9. The summed E-state index contributed by atoms with van der Waals surface area (Å²) in [7, 11) is 0. The molecule has 0 atom stereocenters. The molecule has 1 aromatic carbocycles. The van der Waals surface area contributed by atoms with Crippen LogP contribution in [-0.4, -0.2) is 5.78 Å². The van der Waals surface area contributed by atoms with Gasteiger partial charge in [-0.2, -0.15) is 0 Å². The molecular weight excluding hydrogens is 295 g/mol. The summed E-state index contributed by atoms with van der Waals surface area (Å²) in [4.78, 5) is 12.0. The van der Waals surface area contributed by atoms with Gasteiger partial charge < -0.3 is 0 Å². The van der Waals surface area contributed by atoms with E-state index in [-0.39, 0.29) is 11.6 Å². The third-order valence-electron chi connectivity index (χ3n) is 3.69. The van der Waals surface area contributed by atoms with Gasteiger partial charge in [-0.25, -0.2) is 4.39 Å². The number of rotatable bonds is 4. The van der Waals surface area contributed by atoms with Crippen molar-refractivity contribution in [2.24, 2.45) is 5.92 Å². The van der Waals surface area contributed by atoms with Crippen LogP contribution in [0.1, 0.15) is 55.3 Å². The van der Waals surface area contributed by atoms with E-state index >= 15 is 0 Å². The third-order valence-corrected chi connectivity index (χ3v) is 4.15. The SMILES string of the molecule is O=C(CCC1CCCCC1)c1cc(F)cc(Br)c1. The van der Waals surface area contributed by atoms with Crippen molar-refractivity contribution in [1.29, 1.82) is 0 Å². The standard InChI is InChI=1S/C15H18BrFO/c16-13-8-12(9-14(17)10-13)15(18)7-6-11-4-2-1-3-5-11/h8-11H,1-7H2. The lowest BCUT2D eigenvalue weighted by Crippen LogP contribution is -2.09. The van der Waals surface area contributed by atoms with Crippen LogP contribution >= 0.6 is 15.9 Å². The summed E-state index contributed by atoms with van der Waals surface area (Å²) in [6, 6.07) is 4.40. The van der Waals surface area contributed by atoms with Crippen molar-refractivity contribution in [3.8, 4) is 0 Å². The van der Waals surface area contributed by atoms with Gasteiger partial charge in [0.2, 0.25) is 0 Å². The summed E-state index contributed by atoms with van der Waals surface area (Å²) < 4.78 is 13.8. The minimum atomic E-state index is -0.356. The summed E-state index contributed by atoms with van der Waals surface area (Å²) in [5, 5.41) is 0. The van der Waals surface area contributed by atoms with E-state index in [1.807, 2.05) is 0 Å². The van der Waals surface area contributed by atoms with Crippen LogP contribution in [0.4, 0.5) is 4.39 Å². The van der Waals surface area contributed by atoms with Gasteiger partial charge in [0, 0.05) is 16.5 Å². The van der Waals surface area contributed by atoms with Crippen LogP contribution in [0.2, 0.25) is 0 Å². The molecule has 0 aliphatic heterocycles. The Balaban J connectivity index is 1.90. The maximum Gasteiger partial charge on any atom is 0.163 e. The molecule has 0 amide bonds. The fourth-order valence-corrected chi connectivity index (χ4v) is 3.14. The van der Waals surface area contributed by atoms with Crippen molar-refractivity contribution in [3.05, 3.63) is 34.1 Å². The van der Waals surface area contributed by atoms with Crippen molar-refractivity contribution in [2.75, 3.05) is 0 Å². The highest BCUT2D eigenvalue weighted by Gasteiger charge is 2.16. The first-order valence-electron chi connectivity index (χ1n) is 6.64. The largest absolute Gasteiger partial charge is 0.294 e. The van der Waals surface area contributed by atoms with Gasteiger partial charge in [0.05, 0.1) is 0 Å². The first-order valence-corrected chi connectivity index (χ1v) is 7.44. The van der Waals surface area contributed by atoms with Crippen molar-refractivity contribution in [2.45, 2.75) is 44.9 Å². The van der Waals surface area contributed by atoms with Crippen LogP contribution in [0, 0.1) is 11.7 Å². The molecule has 0 N–H and O–H groups in total. The zero-order valence-corrected chi connectivity index (χ0v) is 12.0. The quantitative estimate of drug-likeness (QED) is 0.704. The van der Waals surface area contributed by atoms with Crippen molar-refractivity contribution < 1.29 is 9.18 Å². The van der Waals surface area contributed by atoms with Crippen LogP contribution in [-0.2, 0) is 0 Å². The molecule has 18 heavy (non-hydrogen) atoms. The van der Waals surface area contributed by atoms with Crippen LogP contribution < -0.4 is 0 Å². The second-order valence-corrected chi connectivity index (χ2v) is 6.04. The van der Waals surface area contributed by atoms with Crippen molar-refractivity contribution >= 4 is 21.7 Å². The van der Waals surface area contributed by atoms with E-state index in [4.69, 9.17) is 0 Å². The molecule has 1 fully saturated rings. The lowest BCUT2D eigenvalue weighted by molar-refractivity contribution is 0.0969. The number of Topliss-reactive ketones (excluding diaryl/α,β-unsaturated/α-hetero) is 1. The van der Waals surface area contributed by atoms with Crippen LogP contribution in [0.5, 0.6) is 0 Å². The molecule has 1 aliphatic rings. The molecule has 0 bridgehead atoms. The van der Waals surface area contributed by atoms with Gasteiger partial charge in [-0.15, -0.1) is 0 Å². The molecule has 1 nitrogen and oxygen atoms in total. The van der Waals surface area contributed by atoms with Crippen LogP contribution in [0.15, 0.2) is 22.7 Å². The Kier molecular flexibility index (Phi) is 4.93. The number of benzene rings is 1. The van der Waals surface area contributed by atoms with Crippen molar-refractivity contribution in [1.82, 2.24) is 0 Å². The second-order valence-electron chi connectivity index (χ2n) is 5.12. The van der Waals surface area contributed by atoms with E-state index in [1.165, 1.54) is 44.2 Å². The Bertz CT molecular complexity index is 404. The predicted octanol–water partition coefficient (Wildman–Crippen LogP) is 5.13. The molecule has 1 saturated carbocycles. The van der Waals surface area contributed by atoms with Crippen LogP contribution in [0.25, 0.3) is 0 Å². The van der Waals surface area contributed by atoms with E-state index in [0.29, 0.717) is 22.4 Å². The average Bonchev–Trinajstić information content (AvgIpc) is 2.36. The van der Waals surface area contributed by atoms with Gasteiger partial charge in [0.15, 0.2) is 5.78 Å². The summed E-state index contributed by atoms with van der Waals surface area (Å²) in [6.07, 6.45) is 7.92. The second kappa shape index (κ2) is 6.46. The Labute approximate surface area is 116 Å². The smallest absolute Gasteiger partial charge is 0.163 e. The van der Waals surface area contributed by atoms with E-state index in [9.17, 15) is 9.18 Å². The predicted molar refractivity (Wildman–Crippen MR) is 74.2 cm³/mol. The van der Waals surface area contributed by atoms with E-state index in [1.54, 1.807) is 6.07 Å². The van der Waals surface area contributed by atoms with E-state index in [0.717, 1.165) is 6.42 Å². The maximum atomic E-state index is 13.2. The fourth-order valence-electron chi connectivity index (χ4n) is 2.67. The maximum absolute atomic E-state index is 13.2. The third kappa shape index (κ3) is 3.91. The molecule has 1 aliphatic carbocycles. The fraction of sp³-hybridized carbons (Fsp3) is 0.533. The highest BCUT2D eigenvalue weighted by molar-refractivity contribution is 9.10. The average molecular weight is 313 g/mol. The molecule has 1 aromatic rings. The van der Waals surface area contributed by atoms with E-state index in [2.05, 4.69) is 15.9 Å². The van der Waals surface area contributed by atoms with Crippen molar-refractivity contribution in [3.63, 3.8) is 0 Å². The number of halogens is 2. The Morgan fingerprint density at radius 1 is 1.22 bits per heavy atom. The zero-order chi connectivity index (χ0) is 13.0. The van der Waals surface area contributed by atoms with Crippen LogP contribution in [0.3, 0.4) is 0 Å². The summed E-state index contributed by atoms with van der Waals surface area (Å²) in [5.41, 5.74) is 0.484. The topological polar surface area (TPSA) is 17.1 Å². The monoisotopic (exact) mass is 312 g/mol. The van der Waals surface area contributed by atoms with Gasteiger partial charge in [-0.3, -0.25) is 4.79 Å². The molecule has 98 valence electrons. The van der Waals surface area contributed by atoms with Gasteiger partial charge in [0.1, 0.15) is 5.82 Å². The molecule has 0 saturated heterocycles. The van der Waals surface area contributed by atoms with Gasteiger partial charge in [0.25, 0.3) is 0 Å². The molecule has 0 unspecified atom stereocenters. The normalized spacial score (nSPS) is 16.8. The van der Waals surface area contributed by atoms with Gasteiger partial charge in [-0.1, -0.05) is 48.0 Å². The lowest BCUT2D eigenvalue weighted by atomic mass is 9.85. The highest BCUT2D eigenvalue weighted by Crippen LogP contribution is 2.28. The number of carbonyl (C=O) groups is 1. The minimum absolute atomic E-state index is 0.0563. The lowest BCUT2D eigenvalue weighted by Gasteiger charge is -2.20. The molecule has 0 aromatic heterocycles. The molecular formula is C15H18BrFO. The number of hydrogen-bond acceptors (Lipinski definition) is 1. The molecule has 0 spiro atoms. The first-order chi connectivity index (χ1) is 8.65. The van der Waals surface area contributed by atoms with Gasteiger partial charge in [-0.05, 0) is 30.5 Å². The Morgan fingerprint density at radius 3 is 2.61 bits per heavy atom. The Morgan fingerprint density at radius 2 is 1.94 bits per heavy atom. The summed E-state index contributed by atoms with van der Waals surface area (Å²) >= 11 is 3.22. The molecule has 3 heteroatoms. The molecule has 0 radical (unpaired) electrons. The molecule has 0 heterocycles. The minimum Gasteiger partial charge on any atom is -0.294 e. The summed E-state index contributed by atoms with van der Waals surface area (Å²) in [6.45, 7) is 0. The zero-order valence-electron chi connectivity index (χ0n) is 10.4. The first kappa shape index (κ1) is 13.7.